The molecule has 0 aliphatic carbocycles. The molecule has 0 aromatic heterocycles. The molecule has 35 heavy (non-hydrogen) atoms. The van der Waals surface area contributed by atoms with Crippen molar-refractivity contribution in [1.82, 2.24) is 0 Å². The van der Waals surface area contributed by atoms with Crippen LogP contribution in [0.2, 0.25) is 0 Å². The molecule has 0 radical (unpaired) electrons. The molecule has 0 spiro atoms. The summed E-state index contributed by atoms with van der Waals surface area (Å²) in [6.45, 7) is 2.40. The summed E-state index contributed by atoms with van der Waals surface area (Å²) in [6.07, 6.45) is 1.72. The zero-order valence-electron chi connectivity index (χ0n) is 18.9. The van der Waals surface area contributed by atoms with E-state index in [2.05, 4.69) is 23.7 Å². The molecule has 0 saturated heterocycles. The van der Waals surface area contributed by atoms with Gasteiger partial charge >= 0.3 is 0 Å². The molecule has 5 heteroatoms. The van der Waals surface area contributed by atoms with Crippen molar-refractivity contribution in [1.29, 1.82) is 0 Å². The molecule has 0 atom stereocenters. The second-order valence-electron chi connectivity index (χ2n) is 7.84. The van der Waals surface area contributed by atoms with Crippen molar-refractivity contribution < 1.29 is 22.3 Å². The van der Waals surface area contributed by atoms with Gasteiger partial charge in [0.2, 0.25) is 0 Å². The lowest BCUT2D eigenvalue weighted by Gasteiger charge is -2.06. The van der Waals surface area contributed by atoms with Gasteiger partial charge in [-0.2, -0.15) is 0 Å². The molecule has 0 aliphatic heterocycles. The number of fused-ring (bicyclic) bond motifs is 1. The summed E-state index contributed by atoms with van der Waals surface area (Å²) in [5, 5.41) is 0.756. The average molecular weight is 472 g/mol. The molecule has 4 aromatic rings. The molecule has 0 bridgehead atoms. The van der Waals surface area contributed by atoms with Crippen LogP contribution in [-0.4, -0.2) is 6.61 Å². The molecule has 1 nitrogen and oxygen atoms in total. The highest BCUT2D eigenvalue weighted by molar-refractivity contribution is 5.84. The van der Waals surface area contributed by atoms with Gasteiger partial charge in [-0.05, 0) is 54.3 Å². The third kappa shape index (κ3) is 5.83. The van der Waals surface area contributed by atoms with Gasteiger partial charge in [-0.15, -0.1) is 0 Å². The van der Waals surface area contributed by atoms with Crippen LogP contribution < -0.4 is 4.74 Å². The Balaban J connectivity index is 1.48. The van der Waals surface area contributed by atoms with Crippen molar-refractivity contribution in [2.75, 3.05) is 6.61 Å². The van der Waals surface area contributed by atoms with Crippen molar-refractivity contribution >= 4 is 10.8 Å². The minimum atomic E-state index is -0.890. The van der Waals surface area contributed by atoms with Crippen LogP contribution in [0.3, 0.4) is 0 Å². The Morgan fingerprint density at radius 1 is 0.657 bits per heavy atom. The van der Waals surface area contributed by atoms with Crippen molar-refractivity contribution in [2.45, 2.75) is 19.8 Å². The lowest BCUT2D eigenvalue weighted by atomic mass is 10.1. The fourth-order valence-electron chi connectivity index (χ4n) is 3.35. The minimum absolute atomic E-state index is 0.144. The number of halogens is 4. The van der Waals surface area contributed by atoms with E-state index < -0.39 is 23.3 Å². The summed E-state index contributed by atoms with van der Waals surface area (Å²) >= 11 is 0. The Hall–Kier alpha value is -4.22. The van der Waals surface area contributed by atoms with Crippen LogP contribution in [0.4, 0.5) is 17.6 Å². The summed E-state index contributed by atoms with van der Waals surface area (Å²) in [4.78, 5) is 0. The zero-order valence-corrected chi connectivity index (χ0v) is 18.9. The third-order valence-electron chi connectivity index (χ3n) is 5.26. The first-order chi connectivity index (χ1) is 16.9. The molecule has 0 saturated carbocycles. The first kappa shape index (κ1) is 23.9. The maximum atomic E-state index is 14.3. The standard InChI is InChI=1S/C30H20F4O/c1-2-3-16-35-24-18-28(32)26(29(33)19-24)14-10-21-6-4-20(5-7-21)8-9-22-11-13-25-23(17-22)12-15-27(31)30(25)34/h4-7,11-13,15,17-19H,2-3,16H2,1H3. The van der Waals surface area contributed by atoms with E-state index in [4.69, 9.17) is 4.74 Å². The summed E-state index contributed by atoms with van der Waals surface area (Å²) in [7, 11) is 0. The number of rotatable bonds is 4. The van der Waals surface area contributed by atoms with Crippen LogP contribution >= 0.6 is 0 Å². The minimum Gasteiger partial charge on any atom is -0.493 e. The molecule has 174 valence electrons. The molecule has 4 rings (SSSR count). The van der Waals surface area contributed by atoms with Gasteiger partial charge in [0.1, 0.15) is 17.4 Å². The van der Waals surface area contributed by atoms with E-state index in [0.717, 1.165) is 31.0 Å². The molecule has 0 unspecified atom stereocenters. The summed E-state index contributed by atoms with van der Waals surface area (Å²) in [5.74, 6) is 8.12. The van der Waals surface area contributed by atoms with E-state index in [0.29, 0.717) is 28.7 Å². The quantitative estimate of drug-likeness (QED) is 0.171. The average Bonchev–Trinajstić information content (AvgIpc) is 2.85. The molecular formula is C30H20F4O. The molecule has 0 aliphatic rings. The highest BCUT2D eigenvalue weighted by Crippen LogP contribution is 2.22. The Labute approximate surface area is 201 Å². The highest BCUT2D eigenvalue weighted by atomic mass is 19.2. The lowest BCUT2D eigenvalue weighted by Crippen LogP contribution is -1.99. The van der Waals surface area contributed by atoms with Gasteiger partial charge in [0, 0.05) is 34.2 Å². The molecule has 0 heterocycles. The van der Waals surface area contributed by atoms with Crippen molar-refractivity contribution in [2.24, 2.45) is 0 Å². The van der Waals surface area contributed by atoms with Crippen molar-refractivity contribution in [3.8, 4) is 29.4 Å². The Kier molecular flexibility index (Phi) is 7.38. The van der Waals surface area contributed by atoms with Crippen LogP contribution in [0.25, 0.3) is 10.8 Å². The normalized spacial score (nSPS) is 10.3. The SMILES string of the molecule is CCCCOc1cc(F)c(C#Cc2ccc(C#Cc3ccc4c(F)c(F)ccc4c3)cc2)c(F)c1. The first-order valence-corrected chi connectivity index (χ1v) is 11.1. The zero-order chi connectivity index (χ0) is 24.8. The van der Waals surface area contributed by atoms with E-state index in [1.54, 1.807) is 36.4 Å². The monoisotopic (exact) mass is 472 g/mol. The number of unbranched alkanes of at least 4 members (excludes halogenated alkanes) is 1. The first-order valence-electron chi connectivity index (χ1n) is 11.1. The van der Waals surface area contributed by atoms with Crippen LogP contribution in [-0.2, 0) is 0 Å². The topological polar surface area (TPSA) is 9.23 Å². The van der Waals surface area contributed by atoms with Gasteiger partial charge in [0.25, 0.3) is 0 Å². The Morgan fingerprint density at radius 2 is 1.26 bits per heavy atom. The summed E-state index contributed by atoms with van der Waals surface area (Å²) in [6, 6.07) is 16.6. The van der Waals surface area contributed by atoms with E-state index in [9.17, 15) is 17.6 Å². The predicted molar refractivity (Wildman–Crippen MR) is 129 cm³/mol. The highest BCUT2D eigenvalue weighted by Gasteiger charge is 2.10. The number of hydrogen-bond acceptors (Lipinski definition) is 1. The maximum absolute atomic E-state index is 14.3. The fourth-order valence-corrected chi connectivity index (χ4v) is 3.35. The predicted octanol–water partition coefficient (Wildman–Crippen LogP) is 7.37. The Bertz CT molecular complexity index is 1480. The summed E-state index contributed by atoms with van der Waals surface area (Å²) < 4.78 is 61.2. The molecule has 4 aromatic carbocycles. The van der Waals surface area contributed by atoms with E-state index >= 15 is 0 Å². The largest absolute Gasteiger partial charge is 0.493 e. The lowest BCUT2D eigenvalue weighted by molar-refractivity contribution is 0.306. The third-order valence-corrected chi connectivity index (χ3v) is 5.26. The molecule has 0 N–H and O–H groups in total. The van der Waals surface area contributed by atoms with Gasteiger partial charge in [0.05, 0.1) is 12.2 Å². The smallest absolute Gasteiger partial charge is 0.166 e. The van der Waals surface area contributed by atoms with Crippen LogP contribution in [0.1, 0.15) is 42.0 Å². The maximum Gasteiger partial charge on any atom is 0.166 e. The van der Waals surface area contributed by atoms with Gasteiger partial charge < -0.3 is 4.74 Å². The Morgan fingerprint density at radius 3 is 1.91 bits per heavy atom. The van der Waals surface area contributed by atoms with E-state index in [-0.39, 0.29) is 16.7 Å². The second kappa shape index (κ2) is 10.8. The molecular weight excluding hydrogens is 452 g/mol. The molecule has 0 fully saturated rings. The fraction of sp³-hybridized carbons (Fsp3) is 0.133. The molecule has 0 amide bonds. The van der Waals surface area contributed by atoms with Gasteiger partial charge in [-0.3, -0.25) is 0 Å². The number of hydrogen-bond donors (Lipinski definition) is 0. The number of benzene rings is 4. The van der Waals surface area contributed by atoms with Gasteiger partial charge in [0.15, 0.2) is 11.6 Å². The van der Waals surface area contributed by atoms with Crippen LogP contribution in [0.5, 0.6) is 5.75 Å². The van der Waals surface area contributed by atoms with Crippen molar-refractivity contribution in [3.05, 3.63) is 112 Å². The van der Waals surface area contributed by atoms with Crippen LogP contribution in [0.15, 0.2) is 66.7 Å². The summed E-state index contributed by atoms with van der Waals surface area (Å²) in [5.41, 5.74) is 1.61. The number of ether oxygens (including phenoxy) is 1. The van der Waals surface area contributed by atoms with Gasteiger partial charge in [-0.25, -0.2) is 17.6 Å². The van der Waals surface area contributed by atoms with E-state index in [1.807, 2.05) is 6.92 Å². The second-order valence-corrected chi connectivity index (χ2v) is 7.84. The van der Waals surface area contributed by atoms with Crippen molar-refractivity contribution in [3.63, 3.8) is 0 Å². The van der Waals surface area contributed by atoms with Crippen LogP contribution in [0, 0.1) is 47.0 Å². The van der Waals surface area contributed by atoms with E-state index in [1.165, 1.54) is 12.1 Å². The van der Waals surface area contributed by atoms with Gasteiger partial charge in [-0.1, -0.05) is 49.2 Å².